The van der Waals surface area contributed by atoms with Crippen LogP contribution in [-0.4, -0.2) is 38.2 Å². The highest BCUT2D eigenvalue weighted by Crippen LogP contribution is 2.33. The number of likely N-dealkylation sites (tertiary alicyclic amines) is 1. The Morgan fingerprint density at radius 2 is 2.15 bits per heavy atom. The van der Waals surface area contributed by atoms with E-state index in [1.54, 1.807) is 12.1 Å². The average molecular weight is 284 g/mol. The van der Waals surface area contributed by atoms with Gasteiger partial charge in [0.25, 0.3) is 0 Å². The number of rotatable bonds is 6. The first-order chi connectivity index (χ1) is 9.61. The van der Waals surface area contributed by atoms with Gasteiger partial charge in [-0.3, -0.25) is 4.90 Å². The van der Waals surface area contributed by atoms with Crippen molar-refractivity contribution in [1.82, 2.24) is 10.2 Å². The minimum absolute atomic E-state index is 0.0896. The first-order valence-electron chi connectivity index (χ1n) is 7.04. The summed E-state index contributed by atoms with van der Waals surface area (Å²) in [6.45, 7) is 2.26. The van der Waals surface area contributed by atoms with Crippen molar-refractivity contribution in [3.8, 4) is 5.75 Å². The first kappa shape index (κ1) is 15.2. The Morgan fingerprint density at radius 3 is 2.85 bits per heavy atom. The van der Waals surface area contributed by atoms with E-state index in [4.69, 9.17) is 0 Å². The van der Waals surface area contributed by atoms with Gasteiger partial charge >= 0.3 is 6.61 Å². The quantitative estimate of drug-likeness (QED) is 0.869. The van der Waals surface area contributed by atoms with Crippen LogP contribution in [0.4, 0.5) is 8.78 Å². The van der Waals surface area contributed by atoms with Gasteiger partial charge in [-0.1, -0.05) is 18.2 Å². The van der Waals surface area contributed by atoms with Gasteiger partial charge in [-0.15, -0.1) is 0 Å². The molecule has 3 nitrogen and oxygen atoms in total. The summed E-state index contributed by atoms with van der Waals surface area (Å²) >= 11 is 0. The molecule has 1 fully saturated rings. The van der Waals surface area contributed by atoms with Crippen LogP contribution in [0.5, 0.6) is 5.75 Å². The van der Waals surface area contributed by atoms with Crippen molar-refractivity contribution in [2.24, 2.45) is 5.92 Å². The normalized spacial score (nSPS) is 21.4. The Labute approximate surface area is 118 Å². The fourth-order valence-electron chi connectivity index (χ4n) is 2.90. The number of halogens is 2. The minimum Gasteiger partial charge on any atom is -0.434 e. The molecule has 1 aromatic rings. The number of benzene rings is 1. The lowest BCUT2D eigenvalue weighted by atomic mass is 10.1. The van der Waals surface area contributed by atoms with E-state index in [1.165, 1.54) is 0 Å². The Bertz CT molecular complexity index is 428. The lowest BCUT2D eigenvalue weighted by Crippen LogP contribution is -2.27. The zero-order valence-corrected chi connectivity index (χ0v) is 12.0. The van der Waals surface area contributed by atoms with Crippen molar-refractivity contribution in [1.29, 1.82) is 0 Å². The second kappa shape index (κ2) is 6.99. The van der Waals surface area contributed by atoms with E-state index in [1.807, 2.05) is 19.2 Å². The summed E-state index contributed by atoms with van der Waals surface area (Å²) < 4.78 is 29.5. The van der Waals surface area contributed by atoms with E-state index in [0.717, 1.165) is 31.6 Å². The van der Waals surface area contributed by atoms with Crippen LogP contribution in [0.15, 0.2) is 24.3 Å². The third kappa shape index (κ3) is 3.67. The summed E-state index contributed by atoms with van der Waals surface area (Å²) in [5.41, 5.74) is 0.831. The maximum atomic E-state index is 12.5. The van der Waals surface area contributed by atoms with E-state index >= 15 is 0 Å². The molecule has 0 aliphatic carbocycles. The van der Waals surface area contributed by atoms with Crippen molar-refractivity contribution in [3.63, 3.8) is 0 Å². The summed E-state index contributed by atoms with van der Waals surface area (Å²) in [6, 6.07) is 7.16. The molecule has 2 rings (SSSR count). The highest BCUT2D eigenvalue weighted by Gasteiger charge is 2.28. The van der Waals surface area contributed by atoms with Crippen LogP contribution in [0.25, 0.3) is 0 Å². The molecule has 1 aliphatic rings. The number of ether oxygens (including phenoxy) is 1. The number of hydrogen-bond donors (Lipinski definition) is 1. The second-order valence-electron chi connectivity index (χ2n) is 5.30. The number of hydrogen-bond acceptors (Lipinski definition) is 3. The van der Waals surface area contributed by atoms with Crippen LogP contribution in [-0.2, 0) is 0 Å². The van der Waals surface area contributed by atoms with Gasteiger partial charge in [-0.25, -0.2) is 0 Å². The molecule has 0 amide bonds. The summed E-state index contributed by atoms with van der Waals surface area (Å²) in [7, 11) is 1.96. The molecule has 112 valence electrons. The number of alkyl halides is 2. The largest absolute Gasteiger partial charge is 0.434 e. The van der Waals surface area contributed by atoms with Crippen LogP contribution < -0.4 is 10.1 Å². The van der Waals surface area contributed by atoms with Crippen LogP contribution in [0.1, 0.15) is 24.9 Å². The average Bonchev–Trinajstić information content (AvgIpc) is 2.87. The molecule has 1 aromatic carbocycles. The maximum absolute atomic E-state index is 12.5. The van der Waals surface area contributed by atoms with Crippen LogP contribution in [0.3, 0.4) is 0 Å². The molecule has 0 spiro atoms. The topological polar surface area (TPSA) is 24.5 Å². The molecule has 0 radical (unpaired) electrons. The van der Waals surface area contributed by atoms with Crippen LogP contribution in [0.2, 0.25) is 0 Å². The number of para-hydroxylation sites is 1. The van der Waals surface area contributed by atoms with Crippen molar-refractivity contribution in [2.75, 3.05) is 26.7 Å². The van der Waals surface area contributed by atoms with Gasteiger partial charge in [0.1, 0.15) is 5.75 Å². The monoisotopic (exact) mass is 284 g/mol. The molecule has 20 heavy (non-hydrogen) atoms. The Hall–Kier alpha value is -1.20. The van der Waals surface area contributed by atoms with E-state index in [2.05, 4.69) is 21.9 Å². The summed E-state index contributed by atoms with van der Waals surface area (Å²) in [5, 5.41) is 3.20. The molecule has 0 saturated carbocycles. The van der Waals surface area contributed by atoms with Crippen molar-refractivity contribution in [2.45, 2.75) is 26.0 Å². The fourth-order valence-corrected chi connectivity index (χ4v) is 2.90. The second-order valence-corrected chi connectivity index (χ2v) is 5.30. The molecule has 1 heterocycles. The van der Waals surface area contributed by atoms with Gasteiger partial charge < -0.3 is 10.1 Å². The molecule has 2 unspecified atom stereocenters. The first-order valence-corrected chi connectivity index (χ1v) is 7.04. The van der Waals surface area contributed by atoms with Gasteiger partial charge in [0.05, 0.1) is 0 Å². The summed E-state index contributed by atoms with van der Waals surface area (Å²) in [4.78, 5) is 2.33. The SMILES string of the molecule is CNCC1CCN(C(C)c2ccccc2OC(F)F)C1. The van der Waals surface area contributed by atoms with Gasteiger partial charge in [-0.05, 0) is 45.5 Å². The third-order valence-corrected chi connectivity index (χ3v) is 3.94. The molecule has 1 N–H and O–H groups in total. The van der Waals surface area contributed by atoms with Gasteiger partial charge in [0.2, 0.25) is 0 Å². The molecule has 1 aliphatic heterocycles. The third-order valence-electron chi connectivity index (χ3n) is 3.94. The number of nitrogens with one attached hydrogen (secondary N) is 1. The lowest BCUT2D eigenvalue weighted by Gasteiger charge is -2.26. The lowest BCUT2D eigenvalue weighted by molar-refractivity contribution is -0.0510. The highest BCUT2D eigenvalue weighted by molar-refractivity contribution is 5.35. The fraction of sp³-hybridized carbons (Fsp3) is 0.600. The predicted molar refractivity (Wildman–Crippen MR) is 75.1 cm³/mol. The zero-order chi connectivity index (χ0) is 14.5. The smallest absolute Gasteiger partial charge is 0.387 e. The van der Waals surface area contributed by atoms with Gasteiger partial charge in [0.15, 0.2) is 0 Å². The molecule has 2 atom stereocenters. The Balaban J connectivity index is 2.07. The number of nitrogens with zero attached hydrogens (tertiary/aromatic N) is 1. The summed E-state index contributed by atoms with van der Waals surface area (Å²) in [5.74, 6) is 0.915. The zero-order valence-electron chi connectivity index (χ0n) is 12.0. The van der Waals surface area contributed by atoms with Crippen molar-refractivity contribution >= 4 is 0 Å². The molecule has 0 bridgehead atoms. The van der Waals surface area contributed by atoms with E-state index in [9.17, 15) is 8.78 Å². The van der Waals surface area contributed by atoms with Gasteiger partial charge in [-0.2, -0.15) is 8.78 Å². The van der Waals surface area contributed by atoms with Crippen LogP contribution >= 0.6 is 0 Å². The summed E-state index contributed by atoms with van der Waals surface area (Å²) in [6.07, 6.45) is 1.14. The van der Waals surface area contributed by atoms with E-state index < -0.39 is 6.61 Å². The standard InChI is InChI=1S/C15H22F2N2O/c1-11(19-8-7-12(10-19)9-18-2)13-5-3-4-6-14(13)20-15(16)17/h3-6,11-12,15,18H,7-10H2,1-2H3. The van der Waals surface area contributed by atoms with E-state index in [0.29, 0.717) is 5.92 Å². The molecular formula is C15H22F2N2O. The van der Waals surface area contributed by atoms with Gasteiger partial charge in [0, 0.05) is 18.2 Å². The molecule has 5 heteroatoms. The molecule has 1 saturated heterocycles. The molecule has 0 aromatic heterocycles. The van der Waals surface area contributed by atoms with E-state index in [-0.39, 0.29) is 11.8 Å². The predicted octanol–water partition coefficient (Wildman–Crippen LogP) is 2.89. The molecular weight excluding hydrogens is 262 g/mol. The maximum Gasteiger partial charge on any atom is 0.387 e. The Kier molecular flexibility index (Phi) is 5.31. The minimum atomic E-state index is -2.78. The highest BCUT2D eigenvalue weighted by atomic mass is 19.3. The Morgan fingerprint density at radius 1 is 1.40 bits per heavy atom. The van der Waals surface area contributed by atoms with Crippen LogP contribution in [0, 0.1) is 5.92 Å². The van der Waals surface area contributed by atoms with Crippen molar-refractivity contribution < 1.29 is 13.5 Å². The van der Waals surface area contributed by atoms with Crippen molar-refractivity contribution in [3.05, 3.63) is 29.8 Å².